The van der Waals surface area contributed by atoms with Gasteiger partial charge in [-0.25, -0.2) is 4.79 Å². The number of hydrogen-bond donors (Lipinski definition) is 1. The highest BCUT2D eigenvalue weighted by Gasteiger charge is 2.06. The molecule has 0 amide bonds. The standard InChI is InChI=1S/C18H29NO4/c1-4-5-10-19-17-8-6-16(7-9-17)18(20)23-14-12-21-11-13-22-15(2)3/h6-9,15,19H,4-5,10-14H2,1-3H3. The highest BCUT2D eigenvalue weighted by molar-refractivity contribution is 5.89. The van der Waals surface area contributed by atoms with E-state index in [0.29, 0.717) is 25.4 Å². The first-order valence-corrected chi connectivity index (χ1v) is 8.34. The number of hydrogen-bond acceptors (Lipinski definition) is 5. The normalized spacial score (nSPS) is 10.8. The Labute approximate surface area is 139 Å². The van der Waals surface area contributed by atoms with Crippen molar-refractivity contribution in [1.29, 1.82) is 0 Å². The summed E-state index contributed by atoms with van der Waals surface area (Å²) in [5.41, 5.74) is 1.57. The van der Waals surface area contributed by atoms with Crippen molar-refractivity contribution in [2.45, 2.75) is 39.7 Å². The summed E-state index contributed by atoms with van der Waals surface area (Å²) in [6.07, 6.45) is 2.49. The monoisotopic (exact) mass is 323 g/mol. The van der Waals surface area contributed by atoms with Crippen LogP contribution in [-0.2, 0) is 14.2 Å². The van der Waals surface area contributed by atoms with Gasteiger partial charge in [0.2, 0.25) is 0 Å². The van der Waals surface area contributed by atoms with E-state index in [2.05, 4.69) is 12.2 Å². The van der Waals surface area contributed by atoms with Crippen LogP contribution in [-0.4, -0.2) is 45.0 Å². The zero-order valence-electron chi connectivity index (χ0n) is 14.5. The van der Waals surface area contributed by atoms with Crippen molar-refractivity contribution < 1.29 is 19.0 Å². The highest BCUT2D eigenvalue weighted by atomic mass is 16.6. The number of benzene rings is 1. The first-order valence-electron chi connectivity index (χ1n) is 8.34. The fourth-order valence-electron chi connectivity index (χ4n) is 1.86. The van der Waals surface area contributed by atoms with Crippen LogP contribution < -0.4 is 5.32 Å². The predicted octanol–water partition coefficient (Wildman–Crippen LogP) is 3.50. The van der Waals surface area contributed by atoms with Crippen LogP contribution in [0, 0.1) is 0 Å². The van der Waals surface area contributed by atoms with Gasteiger partial charge in [0.15, 0.2) is 0 Å². The van der Waals surface area contributed by atoms with E-state index in [4.69, 9.17) is 14.2 Å². The van der Waals surface area contributed by atoms with Crippen molar-refractivity contribution in [3.8, 4) is 0 Å². The Hall–Kier alpha value is -1.59. The SMILES string of the molecule is CCCCNc1ccc(C(=O)OCCOCCOC(C)C)cc1. The van der Waals surface area contributed by atoms with Crippen molar-refractivity contribution in [3.05, 3.63) is 29.8 Å². The van der Waals surface area contributed by atoms with Crippen molar-refractivity contribution >= 4 is 11.7 Å². The van der Waals surface area contributed by atoms with Crippen LogP contribution in [0.25, 0.3) is 0 Å². The van der Waals surface area contributed by atoms with Gasteiger partial charge in [-0.05, 0) is 44.5 Å². The number of carbonyl (C=O) groups is 1. The van der Waals surface area contributed by atoms with Crippen LogP contribution in [0.5, 0.6) is 0 Å². The highest BCUT2D eigenvalue weighted by Crippen LogP contribution is 2.10. The van der Waals surface area contributed by atoms with E-state index in [1.165, 1.54) is 0 Å². The van der Waals surface area contributed by atoms with E-state index in [1.807, 2.05) is 26.0 Å². The Morgan fingerprint density at radius 1 is 1.09 bits per heavy atom. The molecule has 0 heterocycles. The minimum Gasteiger partial charge on any atom is -0.460 e. The molecule has 5 nitrogen and oxygen atoms in total. The van der Waals surface area contributed by atoms with E-state index in [-0.39, 0.29) is 18.7 Å². The van der Waals surface area contributed by atoms with E-state index in [9.17, 15) is 4.79 Å². The Morgan fingerprint density at radius 2 is 1.78 bits per heavy atom. The molecule has 0 saturated heterocycles. The molecule has 0 fully saturated rings. The zero-order valence-corrected chi connectivity index (χ0v) is 14.5. The van der Waals surface area contributed by atoms with Crippen LogP contribution >= 0.6 is 0 Å². The maximum absolute atomic E-state index is 11.9. The molecule has 0 aliphatic rings. The second-order valence-corrected chi connectivity index (χ2v) is 5.53. The van der Waals surface area contributed by atoms with Crippen LogP contribution in [0.4, 0.5) is 5.69 Å². The quantitative estimate of drug-likeness (QED) is 0.471. The molecule has 1 aromatic rings. The molecule has 0 bridgehead atoms. The molecule has 23 heavy (non-hydrogen) atoms. The van der Waals surface area contributed by atoms with E-state index < -0.39 is 0 Å². The fraction of sp³-hybridized carbons (Fsp3) is 0.611. The number of anilines is 1. The third-order valence-corrected chi connectivity index (χ3v) is 3.12. The summed E-state index contributed by atoms with van der Waals surface area (Å²) >= 11 is 0. The van der Waals surface area contributed by atoms with Crippen molar-refractivity contribution in [2.75, 3.05) is 38.3 Å². The Bertz CT molecular complexity index is 431. The number of rotatable bonds is 12. The van der Waals surface area contributed by atoms with Crippen molar-refractivity contribution in [3.63, 3.8) is 0 Å². The third kappa shape index (κ3) is 9.21. The molecule has 0 unspecified atom stereocenters. The van der Waals surface area contributed by atoms with Gasteiger partial charge in [-0.3, -0.25) is 0 Å². The maximum Gasteiger partial charge on any atom is 0.338 e. The molecule has 0 aliphatic carbocycles. The second-order valence-electron chi connectivity index (χ2n) is 5.53. The van der Waals surface area contributed by atoms with Gasteiger partial charge in [0, 0.05) is 12.2 Å². The molecular formula is C18H29NO4. The van der Waals surface area contributed by atoms with E-state index in [1.54, 1.807) is 12.1 Å². The first-order chi connectivity index (χ1) is 11.1. The fourth-order valence-corrected chi connectivity index (χ4v) is 1.86. The molecule has 0 spiro atoms. The Morgan fingerprint density at radius 3 is 2.43 bits per heavy atom. The summed E-state index contributed by atoms with van der Waals surface area (Å²) in [6, 6.07) is 7.33. The van der Waals surface area contributed by atoms with Crippen LogP contribution in [0.2, 0.25) is 0 Å². The first kappa shape index (κ1) is 19.5. The van der Waals surface area contributed by atoms with Crippen LogP contribution in [0.3, 0.4) is 0 Å². The molecule has 0 aromatic heterocycles. The van der Waals surface area contributed by atoms with Gasteiger partial charge in [0.1, 0.15) is 6.61 Å². The lowest BCUT2D eigenvalue weighted by atomic mass is 10.2. The summed E-state index contributed by atoms with van der Waals surface area (Å²) < 4.78 is 15.8. The maximum atomic E-state index is 11.9. The summed E-state index contributed by atoms with van der Waals surface area (Å²) in [6.45, 7) is 8.74. The molecule has 0 saturated carbocycles. The summed E-state index contributed by atoms with van der Waals surface area (Å²) in [4.78, 5) is 11.9. The molecule has 0 aliphatic heterocycles. The summed E-state index contributed by atoms with van der Waals surface area (Å²) in [5, 5.41) is 3.31. The smallest absolute Gasteiger partial charge is 0.338 e. The minimum atomic E-state index is -0.327. The molecule has 1 N–H and O–H groups in total. The average Bonchev–Trinajstić information content (AvgIpc) is 2.54. The molecule has 5 heteroatoms. The third-order valence-electron chi connectivity index (χ3n) is 3.12. The van der Waals surface area contributed by atoms with Gasteiger partial charge in [-0.15, -0.1) is 0 Å². The number of ether oxygens (including phenoxy) is 3. The van der Waals surface area contributed by atoms with Gasteiger partial charge in [-0.2, -0.15) is 0 Å². The van der Waals surface area contributed by atoms with Crippen molar-refractivity contribution in [1.82, 2.24) is 0 Å². The number of unbranched alkanes of at least 4 members (excludes halogenated alkanes) is 1. The van der Waals surface area contributed by atoms with Crippen LogP contribution in [0.1, 0.15) is 44.0 Å². The molecule has 0 radical (unpaired) electrons. The van der Waals surface area contributed by atoms with Gasteiger partial charge in [0.05, 0.1) is 31.5 Å². The molecular weight excluding hydrogens is 294 g/mol. The number of nitrogens with one attached hydrogen (secondary N) is 1. The van der Waals surface area contributed by atoms with Gasteiger partial charge < -0.3 is 19.5 Å². The minimum absolute atomic E-state index is 0.205. The Balaban J connectivity index is 2.17. The molecule has 0 atom stereocenters. The van der Waals surface area contributed by atoms with Gasteiger partial charge in [0.25, 0.3) is 0 Å². The summed E-state index contributed by atoms with van der Waals surface area (Å²) in [7, 11) is 0. The number of esters is 1. The molecule has 1 aromatic carbocycles. The van der Waals surface area contributed by atoms with Gasteiger partial charge >= 0.3 is 5.97 Å². The van der Waals surface area contributed by atoms with Crippen molar-refractivity contribution in [2.24, 2.45) is 0 Å². The largest absolute Gasteiger partial charge is 0.460 e. The molecule has 130 valence electrons. The average molecular weight is 323 g/mol. The summed E-state index contributed by atoms with van der Waals surface area (Å²) in [5.74, 6) is -0.327. The molecule has 1 rings (SSSR count). The lowest BCUT2D eigenvalue weighted by molar-refractivity contribution is 0.00135. The lowest BCUT2D eigenvalue weighted by Crippen LogP contribution is -2.14. The van der Waals surface area contributed by atoms with Crippen LogP contribution in [0.15, 0.2) is 24.3 Å². The Kier molecular flexibility index (Phi) is 10.1. The number of carbonyl (C=O) groups excluding carboxylic acids is 1. The lowest BCUT2D eigenvalue weighted by Gasteiger charge is -2.09. The topological polar surface area (TPSA) is 56.8 Å². The van der Waals surface area contributed by atoms with E-state index >= 15 is 0 Å². The zero-order chi connectivity index (χ0) is 16.9. The van der Waals surface area contributed by atoms with E-state index in [0.717, 1.165) is 25.1 Å². The van der Waals surface area contributed by atoms with Gasteiger partial charge in [-0.1, -0.05) is 13.3 Å². The second kappa shape index (κ2) is 11.9. The predicted molar refractivity (Wildman–Crippen MR) is 92.0 cm³/mol.